The molecule has 1 saturated carbocycles. The average molecular weight is 236 g/mol. The Morgan fingerprint density at radius 1 is 1.38 bits per heavy atom. The van der Waals surface area contributed by atoms with Gasteiger partial charge in [-0.1, -0.05) is 32.9 Å². The molecule has 2 aliphatic heterocycles. The summed E-state index contributed by atoms with van der Waals surface area (Å²) in [6.45, 7) is 11.8. The van der Waals surface area contributed by atoms with Gasteiger partial charge in [0.2, 0.25) is 0 Å². The van der Waals surface area contributed by atoms with Crippen molar-refractivity contribution < 1.29 is 0 Å². The van der Waals surface area contributed by atoms with Gasteiger partial charge in [-0.15, -0.1) is 11.8 Å². The van der Waals surface area contributed by atoms with Gasteiger partial charge >= 0.3 is 0 Å². The van der Waals surface area contributed by atoms with Crippen LogP contribution in [0.1, 0.15) is 46.5 Å². The molecule has 0 radical (unpaired) electrons. The third-order valence-corrected chi connectivity index (χ3v) is 7.62. The van der Waals surface area contributed by atoms with Gasteiger partial charge in [-0.05, 0) is 48.9 Å². The summed E-state index contributed by atoms with van der Waals surface area (Å²) in [6.07, 6.45) is 5.65. The molecule has 2 heterocycles. The van der Waals surface area contributed by atoms with Crippen LogP contribution in [0.5, 0.6) is 0 Å². The predicted octanol–water partition coefficient (Wildman–Crippen LogP) is 4.51. The third kappa shape index (κ3) is 1.30. The van der Waals surface area contributed by atoms with E-state index < -0.39 is 0 Å². The van der Waals surface area contributed by atoms with Crippen molar-refractivity contribution in [1.29, 1.82) is 0 Å². The number of thioether (sulfide) groups is 1. The van der Waals surface area contributed by atoms with Crippen molar-refractivity contribution in [1.82, 2.24) is 0 Å². The highest BCUT2D eigenvalue weighted by Crippen LogP contribution is 2.67. The van der Waals surface area contributed by atoms with Crippen LogP contribution in [0.3, 0.4) is 0 Å². The lowest BCUT2D eigenvalue weighted by atomic mass is 9.71. The summed E-state index contributed by atoms with van der Waals surface area (Å²) in [7, 11) is 0. The molecule has 2 saturated heterocycles. The van der Waals surface area contributed by atoms with Gasteiger partial charge in [-0.3, -0.25) is 0 Å². The van der Waals surface area contributed by atoms with Gasteiger partial charge in [-0.25, -0.2) is 0 Å². The molecule has 5 unspecified atom stereocenters. The van der Waals surface area contributed by atoms with Gasteiger partial charge in [0.15, 0.2) is 0 Å². The van der Waals surface area contributed by atoms with Crippen LogP contribution in [0.15, 0.2) is 12.2 Å². The molecule has 0 nitrogen and oxygen atoms in total. The highest BCUT2D eigenvalue weighted by atomic mass is 32.2. The molecule has 0 aromatic carbocycles. The number of hydrogen-bond donors (Lipinski definition) is 0. The van der Waals surface area contributed by atoms with Gasteiger partial charge in [0.25, 0.3) is 0 Å². The maximum Gasteiger partial charge on any atom is 0.0293 e. The van der Waals surface area contributed by atoms with E-state index in [4.69, 9.17) is 0 Å². The van der Waals surface area contributed by atoms with Gasteiger partial charge in [-0.2, -0.15) is 0 Å². The van der Waals surface area contributed by atoms with Crippen LogP contribution >= 0.6 is 11.8 Å². The smallest absolute Gasteiger partial charge is 0.0293 e. The number of hydrogen-bond acceptors (Lipinski definition) is 1. The van der Waals surface area contributed by atoms with Crippen molar-refractivity contribution in [3.63, 3.8) is 0 Å². The molecule has 16 heavy (non-hydrogen) atoms. The molecule has 0 amide bonds. The second kappa shape index (κ2) is 3.54. The molecule has 90 valence electrons. The van der Waals surface area contributed by atoms with Crippen LogP contribution in [0.4, 0.5) is 0 Å². The molecule has 1 heteroatoms. The second-order valence-electron chi connectivity index (χ2n) is 6.72. The topological polar surface area (TPSA) is 0 Å². The summed E-state index contributed by atoms with van der Waals surface area (Å²) in [4.78, 5) is 0. The van der Waals surface area contributed by atoms with E-state index in [0.29, 0.717) is 5.41 Å². The van der Waals surface area contributed by atoms with E-state index in [1.807, 2.05) is 0 Å². The Balaban J connectivity index is 1.98. The van der Waals surface area contributed by atoms with E-state index in [9.17, 15) is 0 Å². The zero-order valence-corrected chi connectivity index (χ0v) is 11.6. The minimum Gasteiger partial charge on any atom is -0.150 e. The lowest BCUT2D eigenvalue weighted by Gasteiger charge is -2.32. The van der Waals surface area contributed by atoms with Crippen molar-refractivity contribution >= 4 is 11.8 Å². The Hall–Kier alpha value is 0.0900. The maximum absolute atomic E-state index is 4.36. The van der Waals surface area contributed by atoms with Crippen molar-refractivity contribution in [2.45, 2.75) is 57.0 Å². The maximum atomic E-state index is 4.36. The van der Waals surface area contributed by atoms with Crippen LogP contribution in [0.25, 0.3) is 0 Å². The number of rotatable bonds is 1. The zero-order valence-electron chi connectivity index (χ0n) is 10.8. The summed E-state index contributed by atoms with van der Waals surface area (Å²) in [6, 6.07) is 0. The highest BCUT2D eigenvalue weighted by Gasteiger charge is 2.60. The lowest BCUT2D eigenvalue weighted by molar-refractivity contribution is 0.189. The van der Waals surface area contributed by atoms with E-state index in [0.717, 1.165) is 28.3 Å². The Morgan fingerprint density at radius 3 is 2.81 bits per heavy atom. The first-order chi connectivity index (χ1) is 7.54. The molecular weight excluding hydrogens is 212 g/mol. The van der Waals surface area contributed by atoms with E-state index in [1.165, 1.54) is 25.7 Å². The first-order valence-corrected chi connectivity index (χ1v) is 7.81. The van der Waals surface area contributed by atoms with Crippen molar-refractivity contribution in [3.8, 4) is 0 Å². The zero-order chi connectivity index (χ0) is 11.5. The molecule has 0 N–H and O–H groups in total. The van der Waals surface area contributed by atoms with Crippen LogP contribution < -0.4 is 0 Å². The third-order valence-electron chi connectivity index (χ3n) is 5.60. The van der Waals surface area contributed by atoms with Crippen LogP contribution in [-0.4, -0.2) is 10.5 Å². The predicted molar refractivity (Wildman–Crippen MR) is 72.7 cm³/mol. The van der Waals surface area contributed by atoms with E-state index in [2.05, 4.69) is 39.1 Å². The molecule has 5 atom stereocenters. The van der Waals surface area contributed by atoms with Crippen molar-refractivity contribution in [2.24, 2.45) is 23.2 Å². The fourth-order valence-corrected chi connectivity index (χ4v) is 6.82. The minimum atomic E-state index is 0.643. The summed E-state index contributed by atoms with van der Waals surface area (Å²) in [5, 5.41) is 1.75. The molecule has 0 aromatic rings. The Bertz CT molecular complexity index is 319. The van der Waals surface area contributed by atoms with Gasteiger partial charge in [0.05, 0.1) is 0 Å². The SMILES string of the molecule is C=C1CCC2SC1C1C(C(C)C)CCC21C. The minimum absolute atomic E-state index is 0.643. The molecule has 3 rings (SSSR count). The van der Waals surface area contributed by atoms with Crippen LogP contribution in [0.2, 0.25) is 0 Å². The summed E-state index contributed by atoms with van der Waals surface area (Å²) in [5.41, 5.74) is 2.20. The second-order valence-corrected chi connectivity index (χ2v) is 8.07. The molecule has 2 bridgehead atoms. The first kappa shape index (κ1) is 11.2. The summed E-state index contributed by atoms with van der Waals surface area (Å²) >= 11 is 2.27. The molecule has 3 fully saturated rings. The normalized spacial score (nSPS) is 51.1. The summed E-state index contributed by atoms with van der Waals surface area (Å²) in [5.74, 6) is 2.76. The Labute approximate surface area is 104 Å². The molecule has 0 aromatic heterocycles. The van der Waals surface area contributed by atoms with Crippen LogP contribution in [0, 0.1) is 23.2 Å². The van der Waals surface area contributed by atoms with E-state index >= 15 is 0 Å². The fourth-order valence-electron chi connectivity index (χ4n) is 4.63. The average Bonchev–Trinajstić information content (AvgIpc) is 2.67. The largest absolute Gasteiger partial charge is 0.150 e. The van der Waals surface area contributed by atoms with Crippen LogP contribution in [-0.2, 0) is 0 Å². The van der Waals surface area contributed by atoms with Crippen molar-refractivity contribution in [3.05, 3.63) is 12.2 Å². The van der Waals surface area contributed by atoms with E-state index in [1.54, 1.807) is 5.57 Å². The van der Waals surface area contributed by atoms with Gasteiger partial charge in [0.1, 0.15) is 0 Å². The lowest BCUT2D eigenvalue weighted by Crippen LogP contribution is -2.31. The van der Waals surface area contributed by atoms with E-state index in [-0.39, 0.29) is 0 Å². The molecule has 0 spiro atoms. The quantitative estimate of drug-likeness (QED) is 0.604. The fraction of sp³-hybridized carbons (Fsp3) is 0.867. The Kier molecular flexibility index (Phi) is 2.48. The monoisotopic (exact) mass is 236 g/mol. The summed E-state index contributed by atoms with van der Waals surface area (Å²) < 4.78 is 0. The van der Waals surface area contributed by atoms with Gasteiger partial charge in [0, 0.05) is 10.5 Å². The first-order valence-electron chi connectivity index (χ1n) is 6.87. The molecule has 3 aliphatic rings. The standard InChI is InChI=1S/C15H24S/c1-9(2)11-7-8-15(4)12-6-5-10(3)14(16-12)13(11)15/h9,11-14H,3,5-8H2,1-2,4H3. The highest BCUT2D eigenvalue weighted by molar-refractivity contribution is 8.01. The number of fused-ring (bicyclic) bond motifs is 5. The molecular formula is C15H24S. The van der Waals surface area contributed by atoms with Gasteiger partial charge < -0.3 is 0 Å². The molecule has 1 aliphatic carbocycles. The van der Waals surface area contributed by atoms with Crippen molar-refractivity contribution in [2.75, 3.05) is 0 Å². The Morgan fingerprint density at radius 2 is 2.12 bits per heavy atom.